The van der Waals surface area contributed by atoms with Gasteiger partial charge in [0.1, 0.15) is 6.26 Å². The van der Waals surface area contributed by atoms with Crippen LogP contribution in [0.1, 0.15) is 11.1 Å². The van der Waals surface area contributed by atoms with Gasteiger partial charge in [-0.15, -0.1) is 0 Å². The lowest BCUT2D eigenvalue weighted by Crippen LogP contribution is -2.30. The summed E-state index contributed by atoms with van der Waals surface area (Å²) in [5.41, 5.74) is 3.28. The average Bonchev–Trinajstić information content (AvgIpc) is 3.32. The first kappa shape index (κ1) is 26.0. The van der Waals surface area contributed by atoms with E-state index in [0.717, 1.165) is 11.1 Å². The molecule has 0 amide bonds. The Morgan fingerprint density at radius 1 is 0.737 bits per heavy atom. The lowest BCUT2D eigenvalue weighted by atomic mass is 10.1. The van der Waals surface area contributed by atoms with E-state index in [2.05, 4.69) is 0 Å². The van der Waals surface area contributed by atoms with Gasteiger partial charge in [0.15, 0.2) is 0 Å². The highest BCUT2D eigenvalue weighted by Crippen LogP contribution is 2.29. The molecule has 0 aliphatic rings. The Kier molecular flexibility index (Phi) is 7.53. The van der Waals surface area contributed by atoms with Crippen LogP contribution in [-0.2, 0) is 23.1 Å². The Balaban J connectivity index is 1.49. The van der Waals surface area contributed by atoms with E-state index in [9.17, 15) is 13.2 Å². The van der Waals surface area contributed by atoms with Gasteiger partial charge >= 0.3 is 5.76 Å². The maximum atomic E-state index is 13.8. The molecule has 0 spiro atoms. The number of nitrogens with zero attached hydrogens (tertiary/aromatic N) is 2. The molecule has 0 saturated heterocycles. The van der Waals surface area contributed by atoms with E-state index in [-0.39, 0.29) is 18.0 Å². The molecule has 9 heteroatoms. The first-order valence-corrected chi connectivity index (χ1v) is 13.9. The van der Waals surface area contributed by atoms with Gasteiger partial charge in [-0.25, -0.2) is 17.8 Å². The van der Waals surface area contributed by atoms with E-state index in [0.29, 0.717) is 27.0 Å². The maximum Gasteiger partial charge on any atom is 0.424 e. The summed E-state index contributed by atoms with van der Waals surface area (Å²) in [5.74, 6) is -0.605. The summed E-state index contributed by atoms with van der Waals surface area (Å²) in [6.07, 6.45) is 1.32. The van der Waals surface area contributed by atoms with E-state index in [1.165, 1.54) is 27.3 Å². The number of sulfonamides is 1. The van der Waals surface area contributed by atoms with Gasteiger partial charge in [-0.05, 0) is 41.5 Å². The monoisotopic (exact) mass is 564 g/mol. The summed E-state index contributed by atoms with van der Waals surface area (Å²) in [6.45, 7) is 0.441. The van der Waals surface area contributed by atoms with Crippen molar-refractivity contribution in [3.63, 3.8) is 0 Å². The van der Waals surface area contributed by atoms with Crippen molar-refractivity contribution in [3.8, 4) is 16.9 Å². The largest absolute Gasteiger partial charge is 0.424 e. The van der Waals surface area contributed by atoms with Crippen LogP contribution in [0.2, 0.25) is 10.0 Å². The van der Waals surface area contributed by atoms with Crippen LogP contribution in [0.15, 0.2) is 123 Å². The molecule has 0 unspecified atom stereocenters. The number of oxazole rings is 1. The molecule has 38 heavy (non-hydrogen) atoms. The molecule has 0 saturated carbocycles. The van der Waals surface area contributed by atoms with E-state index >= 15 is 0 Å². The van der Waals surface area contributed by atoms with Gasteiger partial charge in [-0.3, -0.25) is 0 Å². The van der Waals surface area contributed by atoms with Crippen molar-refractivity contribution in [2.45, 2.75) is 18.0 Å². The van der Waals surface area contributed by atoms with Crippen molar-refractivity contribution in [2.75, 3.05) is 0 Å². The van der Waals surface area contributed by atoms with Crippen molar-refractivity contribution in [1.29, 1.82) is 0 Å². The van der Waals surface area contributed by atoms with Gasteiger partial charge in [-0.1, -0.05) is 96.0 Å². The molecular weight excluding hydrogens is 543 g/mol. The van der Waals surface area contributed by atoms with Crippen LogP contribution >= 0.6 is 23.2 Å². The highest BCUT2D eigenvalue weighted by molar-refractivity contribution is 7.89. The second-order valence-corrected chi connectivity index (χ2v) is 11.3. The SMILES string of the molecule is O=c1occ(-c2ccc(S(=O)(=O)N(Cc3ccccc3)Cc3ccccc3)cc2)n1-c1ccc(Cl)c(Cl)c1. The highest BCUT2D eigenvalue weighted by Gasteiger charge is 2.25. The number of halogens is 2. The van der Waals surface area contributed by atoms with Crippen LogP contribution in [-0.4, -0.2) is 17.3 Å². The van der Waals surface area contributed by atoms with Crippen molar-refractivity contribution in [2.24, 2.45) is 0 Å². The molecule has 0 aliphatic heterocycles. The topological polar surface area (TPSA) is 72.5 Å². The highest BCUT2D eigenvalue weighted by atomic mass is 35.5. The van der Waals surface area contributed by atoms with Gasteiger partial charge in [0.25, 0.3) is 0 Å². The van der Waals surface area contributed by atoms with Crippen LogP contribution < -0.4 is 5.76 Å². The standard InChI is InChI=1S/C29H22Cl2N2O4S/c30-26-16-13-24(17-27(26)31)33-28(20-37-29(33)34)23-11-14-25(15-12-23)38(35,36)32(18-21-7-3-1-4-8-21)19-22-9-5-2-6-10-22/h1-17,20H,18-19H2. The van der Waals surface area contributed by atoms with Crippen molar-refractivity contribution >= 4 is 33.2 Å². The van der Waals surface area contributed by atoms with Gasteiger partial charge < -0.3 is 4.42 Å². The fraction of sp³-hybridized carbons (Fsp3) is 0.0690. The number of hydrogen-bond donors (Lipinski definition) is 0. The molecule has 1 heterocycles. The molecule has 5 rings (SSSR count). The molecule has 0 fully saturated rings. The normalized spacial score (nSPS) is 11.7. The van der Waals surface area contributed by atoms with Crippen LogP contribution in [0.4, 0.5) is 0 Å². The second kappa shape index (κ2) is 11.0. The zero-order valence-electron chi connectivity index (χ0n) is 20.0. The van der Waals surface area contributed by atoms with Gasteiger partial charge in [0.05, 0.1) is 26.3 Å². The molecular formula is C29H22Cl2N2O4S. The minimum Gasteiger partial charge on any atom is -0.415 e. The van der Waals surface area contributed by atoms with E-state index < -0.39 is 15.8 Å². The summed E-state index contributed by atoms with van der Waals surface area (Å²) < 4.78 is 35.5. The first-order chi connectivity index (χ1) is 18.3. The molecule has 0 radical (unpaired) electrons. The fourth-order valence-corrected chi connectivity index (χ4v) is 5.83. The lowest BCUT2D eigenvalue weighted by Gasteiger charge is -2.23. The van der Waals surface area contributed by atoms with Crippen LogP contribution in [0, 0.1) is 0 Å². The van der Waals surface area contributed by atoms with Crippen LogP contribution in [0.5, 0.6) is 0 Å². The summed E-state index contributed by atoms with van der Waals surface area (Å²) >= 11 is 12.2. The van der Waals surface area contributed by atoms with Crippen molar-refractivity contribution in [3.05, 3.63) is 141 Å². The molecule has 0 atom stereocenters. The molecule has 192 valence electrons. The Morgan fingerprint density at radius 3 is 1.87 bits per heavy atom. The quantitative estimate of drug-likeness (QED) is 0.208. The predicted molar refractivity (Wildman–Crippen MR) is 149 cm³/mol. The number of benzene rings is 4. The van der Waals surface area contributed by atoms with E-state index in [4.69, 9.17) is 27.6 Å². The molecule has 4 aromatic carbocycles. The van der Waals surface area contributed by atoms with Gasteiger partial charge in [0.2, 0.25) is 10.0 Å². The predicted octanol–water partition coefficient (Wildman–Crippen LogP) is 6.80. The minimum atomic E-state index is -3.85. The summed E-state index contributed by atoms with van der Waals surface area (Å²) in [6, 6.07) is 30.1. The summed E-state index contributed by atoms with van der Waals surface area (Å²) in [4.78, 5) is 12.6. The average molecular weight is 565 g/mol. The van der Waals surface area contributed by atoms with E-state index in [1.807, 2.05) is 60.7 Å². The Morgan fingerprint density at radius 2 is 1.32 bits per heavy atom. The summed E-state index contributed by atoms with van der Waals surface area (Å²) in [5, 5.41) is 0.653. The Bertz CT molecular complexity index is 1670. The van der Waals surface area contributed by atoms with E-state index in [1.54, 1.807) is 30.3 Å². The molecule has 0 aliphatic carbocycles. The van der Waals surface area contributed by atoms with Crippen LogP contribution in [0.3, 0.4) is 0 Å². The third-order valence-corrected chi connectivity index (χ3v) is 8.59. The number of hydrogen-bond acceptors (Lipinski definition) is 4. The molecule has 5 aromatic rings. The third-order valence-electron chi connectivity index (χ3n) is 6.05. The minimum absolute atomic E-state index is 0.139. The first-order valence-electron chi connectivity index (χ1n) is 11.7. The molecule has 0 bridgehead atoms. The smallest absolute Gasteiger partial charge is 0.415 e. The molecule has 0 N–H and O–H groups in total. The van der Waals surface area contributed by atoms with Crippen molar-refractivity contribution < 1.29 is 12.8 Å². The fourth-order valence-electron chi connectivity index (χ4n) is 4.12. The zero-order valence-corrected chi connectivity index (χ0v) is 22.3. The Hall–Kier alpha value is -3.62. The molecule has 6 nitrogen and oxygen atoms in total. The third kappa shape index (κ3) is 5.47. The van der Waals surface area contributed by atoms with Gasteiger partial charge in [-0.2, -0.15) is 4.31 Å². The zero-order chi connectivity index (χ0) is 26.7. The van der Waals surface area contributed by atoms with Crippen LogP contribution in [0.25, 0.3) is 16.9 Å². The molecule has 1 aromatic heterocycles. The lowest BCUT2D eigenvalue weighted by molar-refractivity contribution is 0.401. The number of rotatable bonds is 8. The Labute approximate surface area is 230 Å². The maximum absolute atomic E-state index is 13.8. The summed E-state index contributed by atoms with van der Waals surface area (Å²) in [7, 11) is -3.85. The van der Waals surface area contributed by atoms with Gasteiger partial charge in [0, 0.05) is 18.7 Å². The number of aromatic nitrogens is 1. The second-order valence-electron chi connectivity index (χ2n) is 8.59. The van der Waals surface area contributed by atoms with Crippen molar-refractivity contribution in [1.82, 2.24) is 8.87 Å².